The summed E-state index contributed by atoms with van der Waals surface area (Å²) < 4.78 is 0.910. The molecule has 0 aliphatic carbocycles. The van der Waals surface area contributed by atoms with Crippen molar-refractivity contribution in [2.45, 2.75) is 0 Å². The molecule has 4 aromatic carbocycles. The van der Waals surface area contributed by atoms with E-state index in [1.54, 1.807) is 0 Å². The van der Waals surface area contributed by atoms with Gasteiger partial charge in [0, 0.05) is 43.5 Å². The summed E-state index contributed by atoms with van der Waals surface area (Å²) in [6.07, 6.45) is 0. The number of rotatable bonds is 9. The molecule has 0 spiro atoms. The maximum absolute atomic E-state index is 13.3. The lowest BCUT2D eigenvalue weighted by molar-refractivity contribution is -0.384. The van der Waals surface area contributed by atoms with E-state index in [2.05, 4.69) is 47.8 Å². The fourth-order valence-electron chi connectivity index (χ4n) is 3.89. The average Bonchev–Trinajstić information content (AvgIpc) is 2.98. The van der Waals surface area contributed by atoms with Crippen molar-refractivity contribution in [2.75, 3.05) is 16.0 Å². The summed E-state index contributed by atoms with van der Waals surface area (Å²) in [4.78, 5) is 73.3. The zero-order chi connectivity index (χ0) is 32.1. The van der Waals surface area contributed by atoms with Crippen LogP contribution in [0.4, 0.5) is 22.7 Å². The van der Waals surface area contributed by atoms with Crippen molar-refractivity contribution >= 4 is 84.3 Å². The lowest BCUT2D eigenvalue weighted by Gasteiger charge is -2.14. The molecule has 0 aliphatic heterocycles. The van der Waals surface area contributed by atoms with Crippen LogP contribution in [0.15, 0.2) is 87.8 Å². The maximum Gasteiger partial charge on any atom is 0.337 e. The number of benzene rings is 4. The molecule has 0 unspecified atom stereocenters. The minimum atomic E-state index is -1.31. The minimum absolute atomic E-state index is 0.0327. The molecule has 0 saturated carbocycles. The molecule has 3 amide bonds. The number of carboxylic acid groups (broad SMARTS) is 2. The van der Waals surface area contributed by atoms with Gasteiger partial charge in [-0.3, -0.25) is 24.5 Å². The molecule has 0 bridgehead atoms. The molecule has 15 heteroatoms. The van der Waals surface area contributed by atoms with Crippen LogP contribution in [0.2, 0.25) is 0 Å². The highest BCUT2D eigenvalue weighted by Crippen LogP contribution is 2.25. The Bertz CT molecular complexity index is 1760. The summed E-state index contributed by atoms with van der Waals surface area (Å²) in [5.74, 6) is -5.00. The Morgan fingerprint density at radius 3 is 1.43 bits per heavy atom. The van der Waals surface area contributed by atoms with Crippen molar-refractivity contribution in [3.63, 3.8) is 0 Å². The average molecular weight is 726 g/mol. The summed E-state index contributed by atoms with van der Waals surface area (Å²) in [7, 11) is 0. The number of nitrogens with zero attached hydrogens (tertiary/aromatic N) is 1. The third kappa shape index (κ3) is 7.50. The Kier molecular flexibility index (Phi) is 9.51. The lowest BCUT2D eigenvalue weighted by atomic mass is 10.1. The number of hydrogen-bond acceptors (Lipinski definition) is 7. The van der Waals surface area contributed by atoms with E-state index in [4.69, 9.17) is 0 Å². The molecule has 0 heterocycles. The van der Waals surface area contributed by atoms with E-state index in [1.807, 2.05) is 0 Å². The number of hydrogen-bond donors (Lipinski definition) is 5. The first-order chi connectivity index (χ1) is 20.8. The van der Waals surface area contributed by atoms with Crippen LogP contribution in [0.5, 0.6) is 0 Å². The third-order valence-electron chi connectivity index (χ3n) is 5.98. The van der Waals surface area contributed by atoms with E-state index >= 15 is 0 Å². The predicted octanol–water partition coefficient (Wildman–Crippen LogP) is 6.27. The van der Waals surface area contributed by atoms with Crippen LogP contribution in [0.1, 0.15) is 51.8 Å². The number of nitrogens with one attached hydrogen (secondary N) is 3. The zero-order valence-electron chi connectivity index (χ0n) is 22.0. The van der Waals surface area contributed by atoms with E-state index in [0.717, 1.165) is 12.1 Å². The van der Waals surface area contributed by atoms with Crippen molar-refractivity contribution in [2.24, 2.45) is 0 Å². The fourth-order valence-corrected chi connectivity index (χ4v) is 4.62. The van der Waals surface area contributed by atoms with Crippen LogP contribution in [-0.4, -0.2) is 44.8 Å². The van der Waals surface area contributed by atoms with Gasteiger partial charge in [-0.1, -0.05) is 31.9 Å². The second-order valence-electron chi connectivity index (χ2n) is 8.96. The van der Waals surface area contributed by atoms with Crippen molar-refractivity contribution in [3.05, 3.63) is 126 Å². The van der Waals surface area contributed by atoms with Gasteiger partial charge in [0.25, 0.3) is 23.4 Å². The van der Waals surface area contributed by atoms with Gasteiger partial charge in [-0.25, -0.2) is 9.59 Å². The third-order valence-corrected chi connectivity index (χ3v) is 6.96. The number of carboxylic acids is 2. The fraction of sp³-hybridized carbons (Fsp3) is 0. The largest absolute Gasteiger partial charge is 0.478 e. The Morgan fingerprint density at radius 1 is 0.591 bits per heavy atom. The van der Waals surface area contributed by atoms with Gasteiger partial charge < -0.3 is 26.2 Å². The number of nitro benzene ring substituents is 1. The number of carbonyl (C=O) groups excluding carboxylic acids is 3. The van der Waals surface area contributed by atoms with Crippen molar-refractivity contribution in [1.29, 1.82) is 0 Å². The maximum atomic E-state index is 13.3. The molecule has 0 radical (unpaired) electrons. The molecule has 0 atom stereocenters. The van der Waals surface area contributed by atoms with E-state index in [0.29, 0.717) is 8.95 Å². The molecule has 222 valence electrons. The highest BCUT2D eigenvalue weighted by Gasteiger charge is 2.20. The molecule has 4 rings (SSSR count). The number of non-ortho nitro benzene ring substituents is 1. The van der Waals surface area contributed by atoms with Gasteiger partial charge >= 0.3 is 11.9 Å². The Hall–Kier alpha value is -5.41. The van der Waals surface area contributed by atoms with Crippen LogP contribution in [0.3, 0.4) is 0 Å². The van der Waals surface area contributed by atoms with E-state index in [-0.39, 0.29) is 50.6 Å². The molecular formula is C29H18Br2N4O9. The first-order valence-electron chi connectivity index (χ1n) is 12.2. The molecule has 0 saturated heterocycles. The summed E-state index contributed by atoms with van der Waals surface area (Å²) in [5, 5.41) is 37.5. The van der Waals surface area contributed by atoms with Gasteiger partial charge in [0.15, 0.2) is 0 Å². The van der Waals surface area contributed by atoms with E-state index in [1.165, 1.54) is 66.7 Å². The number of carbonyl (C=O) groups is 5. The monoisotopic (exact) mass is 724 g/mol. The van der Waals surface area contributed by atoms with Gasteiger partial charge in [-0.15, -0.1) is 0 Å². The van der Waals surface area contributed by atoms with Crippen LogP contribution in [-0.2, 0) is 0 Å². The number of nitro groups is 1. The zero-order valence-corrected chi connectivity index (χ0v) is 25.1. The van der Waals surface area contributed by atoms with Gasteiger partial charge in [0.2, 0.25) is 0 Å². The highest BCUT2D eigenvalue weighted by atomic mass is 79.9. The van der Waals surface area contributed by atoms with Crippen LogP contribution in [0.25, 0.3) is 0 Å². The molecule has 0 fully saturated rings. The van der Waals surface area contributed by atoms with Gasteiger partial charge in [0.05, 0.1) is 27.4 Å². The second kappa shape index (κ2) is 13.3. The van der Waals surface area contributed by atoms with Gasteiger partial charge in [0.1, 0.15) is 0 Å². The van der Waals surface area contributed by atoms with Crippen LogP contribution < -0.4 is 16.0 Å². The van der Waals surface area contributed by atoms with E-state index < -0.39 is 34.6 Å². The molecule has 44 heavy (non-hydrogen) atoms. The first kappa shape index (κ1) is 31.5. The highest BCUT2D eigenvalue weighted by molar-refractivity contribution is 9.10. The summed E-state index contributed by atoms with van der Waals surface area (Å²) in [6.45, 7) is 0. The Balaban J connectivity index is 1.71. The number of anilines is 3. The van der Waals surface area contributed by atoms with Gasteiger partial charge in [-0.2, -0.15) is 0 Å². The van der Waals surface area contributed by atoms with Crippen molar-refractivity contribution in [3.8, 4) is 0 Å². The SMILES string of the molecule is O=C(Nc1cc(C(=O)Nc2ccc(Br)cc2C(=O)O)cc(C(=O)Nc2ccc(Br)cc2C(=O)O)c1)c1ccc([N+](=O)[O-])cc1. The summed E-state index contributed by atoms with van der Waals surface area (Å²) >= 11 is 6.35. The smallest absolute Gasteiger partial charge is 0.337 e. The first-order valence-corrected chi connectivity index (χ1v) is 13.8. The predicted molar refractivity (Wildman–Crippen MR) is 166 cm³/mol. The van der Waals surface area contributed by atoms with Crippen LogP contribution in [0, 0.1) is 10.1 Å². The number of halogens is 2. The number of amides is 3. The molecular weight excluding hydrogens is 708 g/mol. The van der Waals surface area contributed by atoms with Crippen molar-refractivity contribution in [1.82, 2.24) is 0 Å². The Labute approximate surface area is 264 Å². The topological polar surface area (TPSA) is 205 Å². The quantitative estimate of drug-likeness (QED) is 0.0972. The number of aromatic carboxylic acids is 2. The molecule has 0 aliphatic rings. The normalized spacial score (nSPS) is 10.4. The minimum Gasteiger partial charge on any atom is -0.478 e. The Morgan fingerprint density at radius 2 is 1.02 bits per heavy atom. The molecule has 4 aromatic rings. The second-order valence-corrected chi connectivity index (χ2v) is 10.8. The standard InChI is InChI=1S/C29H18Br2N4O9/c30-17-3-7-23(21(12-17)28(39)40)33-26(37)15-9-16(27(38)34-24-8-4-18(31)13-22(24)29(41)42)11-19(10-15)32-25(36)14-1-5-20(6-2-14)35(43)44/h1-13H,(H,32,36)(H,33,37)(H,34,38)(H,39,40)(H,41,42). The molecule has 0 aromatic heterocycles. The summed E-state index contributed by atoms with van der Waals surface area (Å²) in [6, 6.07) is 16.7. The van der Waals surface area contributed by atoms with E-state index in [9.17, 15) is 44.3 Å². The molecule has 13 nitrogen and oxygen atoms in total. The van der Waals surface area contributed by atoms with Crippen LogP contribution >= 0.6 is 31.9 Å². The summed E-state index contributed by atoms with van der Waals surface area (Å²) in [5.41, 5.74) is -1.07. The lowest BCUT2D eigenvalue weighted by Crippen LogP contribution is -2.19. The molecule has 5 N–H and O–H groups in total. The van der Waals surface area contributed by atoms with Crippen molar-refractivity contribution < 1.29 is 39.1 Å². The van der Waals surface area contributed by atoms with Gasteiger partial charge in [-0.05, 0) is 66.7 Å².